The first-order valence-electron chi connectivity index (χ1n) is 7.19. The van der Waals surface area contributed by atoms with Crippen LogP contribution in [0.4, 0.5) is 15.8 Å². The maximum Gasteiger partial charge on any atom is 0.243 e. The summed E-state index contributed by atoms with van der Waals surface area (Å²) in [5.41, 5.74) is 3.49. The van der Waals surface area contributed by atoms with E-state index in [9.17, 15) is 9.18 Å². The van der Waals surface area contributed by atoms with Gasteiger partial charge in [-0.1, -0.05) is 18.2 Å². The van der Waals surface area contributed by atoms with Crippen LogP contribution in [0.2, 0.25) is 0 Å². The first-order chi connectivity index (χ1) is 10.9. The molecule has 0 saturated carbocycles. The van der Waals surface area contributed by atoms with E-state index in [4.69, 9.17) is 5.26 Å². The standard InChI is InChI=1S/C18H18FN3O/c1-12-5-4-6-13(2)18(12)21-17(23)11-22(3)16-8-7-15(19)9-14(16)10-20/h4-9H,11H2,1-3H3,(H,21,23). The Morgan fingerprint density at radius 3 is 2.52 bits per heavy atom. The molecule has 0 aliphatic heterocycles. The highest BCUT2D eigenvalue weighted by atomic mass is 19.1. The van der Waals surface area contributed by atoms with Crippen molar-refractivity contribution < 1.29 is 9.18 Å². The van der Waals surface area contributed by atoms with Gasteiger partial charge in [0.15, 0.2) is 0 Å². The van der Waals surface area contributed by atoms with Crippen LogP contribution in [0, 0.1) is 31.0 Å². The molecule has 0 atom stereocenters. The second-order valence-electron chi connectivity index (χ2n) is 5.44. The lowest BCUT2D eigenvalue weighted by Crippen LogP contribution is -2.31. The van der Waals surface area contributed by atoms with E-state index in [0.29, 0.717) is 5.69 Å². The van der Waals surface area contributed by atoms with Gasteiger partial charge >= 0.3 is 0 Å². The third-order valence-corrected chi connectivity index (χ3v) is 3.62. The largest absolute Gasteiger partial charge is 0.364 e. The molecule has 0 fully saturated rings. The summed E-state index contributed by atoms with van der Waals surface area (Å²) in [6.45, 7) is 3.92. The molecule has 0 aromatic heterocycles. The van der Waals surface area contributed by atoms with Gasteiger partial charge in [0, 0.05) is 12.7 Å². The average molecular weight is 311 g/mol. The maximum absolute atomic E-state index is 13.2. The minimum atomic E-state index is -0.473. The van der Waals surface area contributed by atoms with Crippen molar-refractivity contribution in [2.24, 2.45) is 0 Å². The van der Waals surface area contributed by atoms with Crippen molar-refractivity contribution in [3.63, 3.8) is 0 Å². The van der Waals surface area contributed by atoms with Gasteiger partial charge in [-0.3, -0.25) is 4.79 Å². The summed E-state index contributed by atoms with van der Waals surface area (Å²) in [6, 6.07) is 11.7. The van der Waals surface area contributed by atoms with Gasteiger partial charge in [0.25, 0.3) is 0 Å². The zero-order valence-electron chi connectivity index (χ0n) is 13.4. The number of aryl methyl sites for hydroxylation is 2. The minimum absolute atomic E-state index is 0.0636. The molecule has 0 aliphatic rings. The summed E-state index contributed by atoms with van der Waals surface area (Å²) >= 11 is 0. The quantitative estimate of drug-likeness (QED) is 0.941. The van der Waals surface area contributed by atoms with Crippen molar-refractivity contribution in [2.75, 3.05) is 23.8 Å². The topological polar surface area (TPSA) is 56.1 Å². The number of hydrogen-bond donors (Lipinski definition) is 1. The second kappa shape index (κ2) is 6.93. The molecular weight excluding hydrogens is 293 g/mol. The fourth-order valence-electron chi connectivity index (χ4n) is 2.42. The second-order valence-corrected chi connectivity index (χ2v) is 5.44. The van der Waals surface area contributed by atoms with Crippen molar-refractivity contribution in [1.29, 1.82) is 5.26 Å². The molecule has 2 rings (SSSR count). The molecule has 0 saturated heterocycles. The molecule has 0 heterocycles. The summed E-state index contributed by atoms with van der Waals surface area (Å²) < 4.78 is 13.2. The third-order valence-electron chi connectivity index (χ3n) is 3.62. The van der Waals surface area contributed by atoms with Gasteiger partial charge in [-0.05, 0) is 43.2 Å². The summed E-state index contributed by atoms with van der Waals surface area (Å²) in [5.74, 6) is -0.670. The number of carbonyl (C=O) groups is 1. The molecule has 23 heavy (non-hydrogen) atoms. The number of halogens is 1. The van der Waals surface area contributed by atoms with Crippen LogP contribution in [0.3, 0.4) is 0 Å². The predicted molar refractivity (Wildman–Crippen MR) is 88.9 cm³/mol. The predicted octanol–water partition coefficient (Wildman–Crippen LogP) is 3.39. The van der Waals surface area contributed by atoms with Gasteiger partial charge in [0.05, 0.1) is 17.8 Å². The molecule has 0 radical (unpaired) electrons. The number of nitrogens with one attached hydrogen (secondary N) is 1. The van der Waals surface area contributed by atoms with Gasteiger partial charge in [-0.15, -0.1) is 0 Å². The normalized spacial score (nSPS) is 10.0. The fraction of sp³-hybridized carbons (Fsp3) is 0.222. The smallest absolute Gasteiger partial charge is 0.243 e. The molecule has 2 aromatic carbocycles. The molecular formula is C18H18FN3O. The molecule has 0 aliphatic carbocycles. The zero-order chi connectivity index (χ0) is 17.0. The van der Waals surface area contributed by atoms with Crippen LogP contribution in [0.5, 0.6) is 0 Å². The van der Waals surface area contributed by atoms with Crippen molar-refractivity contribution >= 4 is 17.3 Å². The Morgan fingerprint density at radius 2 is 1.91 bits per heavy atom. The van der Waals surface area contributed by atoms with Crippen LogP contribution in [-0.4, -0.2) is 19.5 Å². The Kier molecular flexibility index (Phi) is 4.97. The van der Waals surface area contributed by atoms with Crippen molar-refractivity contribution in [3.8, 4) is 6.07 Å². The number of anilines is 2. The van der Waals surface area contributed by atoms with Gasteiger partial charge < -0.3 is 10.2 Å². The summed E-state index contributed by atoms with van der Waals surface area (Å²) in [5, 5.41) is 12.0. The molecule has 1 N–H and O–H groups in total. The van der Waals surface area contributed by atoms with Crippen LogP contribution in [0.25, 0.3) is 0 Å². The molecule has 0 bridgehead atoms. The monoisotopic (exact) mass is 311 g/mol. The highest BCUT2D eigenvalue weighted by molar-refractivity contribution is 5.95. The van der Waals surface area contributed by atoms with E-state index < -0.39 is 5.82 Å². The Labute approximate surface area is 135 Å². The SMILES string of the molecule is Cc1cccc(C)c1NC(=O)CN(C)c1ccc(F)cc1C#N. The zero-order valence-corrected chi connectivity index (χ0v) is 13.4. The number of carbonyl (C=O) groups excluding carboxylic acids is 1. The van der Waals surface area contributed by atoms with Gasteiger partial charge in [-0.2, -0.15) is 5.26 Å². The van der Waals surface area contributed by atoms with E-state index in [1.54, 1.807) is 11.9 Å². The average Bonchev–Trinajstić information content (AvgIpc) is 2.50. The molecule has 2 aromatic rings. The first kappa shape index (κ1) is 16.5. The van der Waals surface area contributed by atoms with E-state index in [2.05, 4.69) is 5.32 Å². The van der Waals surface area contributed by atoms with Crippen LogP contribution >= 0.6 is 0 Å². The molecule has 5 heteroatoms. The lowest BCUT2D eigenvalue weighted by atomic mass is 10.1. The highest BCUT2D eigenvalue weighted by Gasteiger charge is 2.13. The van der Waals surface area contributed by atoms with Gasteiger partial charge in [-0.25, -0.2) is 4.39 Å². The number of benzene rings is 2. The Bertz CT molecular complexity index is 760. The summed E-state index contributed by atoms with van der Waals surface area (Å²) in [4.78, 5) is 13.9. The lowest BCUT2D eigenvalue weighted by molar-refractivity contribution is -0.114. The number of amides is 1. The number of nitriles is 1. The number of para-hydroxylation sites is 1. The lowest BCUT2D eigenvalue weighted by Gasteiger charge is -2.20. The summed E-state index contributed by atoms with van der Waals surface area (Å²) in [7, 11) is 1.69. The Hall–Kier alpha value is -2.87. The number of likely N-dealkylation sites (N-methyl/N-ethyl adjacent to an activating group) is 1. The van der Waals surface area contributed by atoms with Crippen molar-refractivity contribution in [3.05, 3.63) is 58.9 Å². The van der Waals surface area contributed by atoms with Crippen LogP contribution < -0.4 is 10.2 Å². The Balaban J connectivity index is 2.13. The number of rotatable bonds is 4. The maximum atomic E-state index is 13.2. The van der Waals surface area contributed by atoms with Crippen LogP contribution in [-0.2, 0) is 4.79 Å². The van der Waals surface area contributed by atoms with E-state index in [1.807, 2.05) is 38.1 Å². The van der Waals surface area contributed by atoms with E-state index >= 15 is 0 Å². The van der Waals surface area contributed by atoms with E-state index in [1.165, 1.54) is 12.1 Å². The minimum Gasteiger partial charge on any atom is -0.364 e. The molecule has 1 amide bonds. The van der Waals surface area contributed by atoms with Crippen LogP contribution in [0.15, 0.2) is 36.4 Å². The van der Waals surface area contributed by atoms with Crippen LogP contribution in [0.1, 0.15) is 16.7 Å². The van der Waals surface area contributed by atoms with Crippen molar-refractivity contribution in [1.82, 2.24) is 0 Å². The number of nitrogens with zero attached hydrogens (tertiary/aromatic N) is 2. The molecule has 118 valence electrons. The third kappa shape index (κ3) is 3.86. The van der Waals surface area contributed by atoms with E-state index in [-0.39, 0.29) is 18.0 Å². The highest BCUT2D eigenvalue weighted by Crippen LogP contribution is 2.21. The summed E-state index contributed by atoms with van der Waals surface area (Å²) in [6.07, 6.45) is 0. The molecule has 0 unspecified atom stereocenters. The Morgan fingerprint density at radius 1 is 1.26 bits per heavy atom. The van der Waals surface area contributed by atoms with Gasteiger partial charge in [0.2, 0.25) is 5.91 Å². The van der Waals surface area contributed by atoms with E-state index in [0.717, 1.165) is 22.9 Å². The number of hydrogen-bond acceptors (Lipinski definition) is 3. The fourth-order valence-corrected chi connectivity index (χ4v) is 2.42. The molecule has 4 nitrogen and oxygen atoms in total. The molecule has 0 spiro atoms. The van der Waals surface area contributed by atoms with Crippen molar-refractivity contribution in [2.45, 2.75) is 13.8 Å². The van der Waals surface area contributed by atoms with Gasteiger partial charge in [0.1, 0.15) is 11.9 Å². The first-order valence-corrected chi connectivity index (χ1v) is 7.19.